The molecule has 1 fully saturated rings. The molecule has 1 aliphatic heterocycles. The summed E-state index contributed by atoms with van der Waals surface area (Å²) in [6, 6.07) is 24.9. The van der Waals surface area contributed by atoms with E-state index in [2.05, 4.69) is 34.5 Å². The van der Waals surface area contributed by atoms with Crippen molar-refractivity contribution in [3.63, 3.8) is 0 Å². The second kappa shape index (κ2) is 10.7. The summed E-state index contributed by atoms with van der Waals surface area (Å²) in [5.74, 6) is -0.414. The van der Waals surface area contributed by atoms with E-state index in [9.17, 15) is 9.59 Å². The highest BCUT2D eigenvalue weighted by molar-refractivity contribution is 6.08. The molecule has 0 aromatic heterocycles. The normalized spacial score (nSPS) is 14.4. The van der Waals surface area contributed by atoms with Gasteiger partial charge in [-0.05, 0) is 75.4 Å². The van der Waals surface area contributed by atoms with Crippen LogP contribution in [0.15, 0.2) is 78.9 Å². The Morgan fingerprint density at radius 2 is 1.51 bits per heavy atom. The first-order chi connectivity index (χ1) is 16.8. The molecule has 0 atom stereocenters. The van der Waals surface area contributed by atoms with E-state index in [0.29, 0.717) is 17.2 Å². The molecule has 0 unspecified atom stereocenters. The first-order valence-corrected chi connectivity index (χ1v) is 12.0. The molecule has 1 aliphatic rings. The van der Waals surface area contributed by atoms with E-state index in [4.69, 9.17) is 9.78 Å². The fourth-order valence-electron chi connectivity index (χ4n) is 4.20. The zero-order valence-electron chi connectivity index (χ0n) is 20.5. The van der Waals surface area contributed by atoms with Crippen LogP contribution >= 0.6 is 0 Å². The van der Waals surface area contributed by atoms with Gasteiger partial charge in [-0.25, -0.2) is 4.79 Å². The van der Waals surface area contributed by atoms with Crippen molar-refractivity contribution < 1.29 is 19.4 Å². The van der Waals surface area contributed by atoms with Crippen molar-refractivity contribution >= 4 is 23.3 Å². The molecule has 0 radical (unpaired) electrons. The molecule has 0 saturated carbocycles. The van der Waals surface area contributed by atoms with Gasteiger partial charge in [0.15, 0.2) is 0 Å². The fraction of sp³-hybridized carbons (Fsp3) is 0.310. The number of piperidine rings is 1. The van der Waals surface area contributed by atoms with Crippen molar-refractivity contribution in [1.29, 1.82) is 0 Å². The van der Waals surface area contributed by atoms with E-state index in [1.165, 1.54) is 5.56 Å². The Balaban J connectivity index is 1.54. The lowest BCUT2D eigenvalue weighted by atomic mass is 9.89. The van der Waals surface area contributed by atoms with Crippen molar-refractivity contribution in [2.75, 3.05) is 23.3 Å². The van der Waals surface area contributed by atoms with Gasteiger partial charge in [-0.1, -0.05) is 48.5 Å². The Morgan fingerprint density at radius 3 is 2.14 bits per heavy atom. The van der Waals surface area contributed by atoms with Crippen molar-refractivity contribution in [1.82, 2.24) is 0 Å². The van der Waals surface area contributed by atoms with Crippen LogP contribution in [0.4, 0.5) is 11.4 Å². The molecule has 0 spiro atoms. The number of carbonyl (C=O) groups is 2. The Bertz CT molecular complexity index is 1150. The Labute approximate surface area is 206 Å². The summed E-state index contributed by atoms with van der Waals surface area (Å²) < 4.78 is 0. The minimum Gasteiger partial charge on any atom is -0.371 e. The van der Waals surface area contributed by atoms with Crippen LogP contribution in [0.2, 0.25) is 0 Å². The highest BCUT2D eigenvalue weighted by Crippen LogP contribution is 2.32. The molecule has 1 N–H and O–H groups in total. The van der Waals surface area contributed by atoms with Gasteiger partial charge in [0.2, 0.25) is 0 Å². The minimum atomic E-state index is -0.655. The molecule has 1 amide bonds. The molecule has 4 rings (SSSR count). The van der Waals surface area contributed by atoms with Gasteiger partial charge < -0.3 is 10.2 Å². The molecule has 3 aromatic carbocycles. The molecule has 1 saturated heterocycles. The van der Waals surface area contributed by atoms with Crippen molar-refractivity contribution in [3.05, 3.63) is 95.6 Å². The maximum atomic E-state index is 12.9. The van der Waals surface area contributed by atoms with E-state index in [1.54, 1.807) is 51.1 Å². The SMILES string of the molecule is CC(C)(C)OOC(=O)c1ccc(N2CCC(c3ccccc3)CC2)cc1NC(=O)c1ccccc1. The van der Waals surface area contributed by atoms with E-state index in [0.717, 1.165) is 31.6 Å². The molecular formula is C29H32N2O4. The number of carbonyl (C=O) groups excluding carboxylic acids is 2. The minimum absolute atomic E-state index is 0.237. The van der Waals surface area contributed by atoms with Gasteiger partial charge in [0.1, 0.15) is 5.60 Å². The zero-order valence-corrected chi connectivity index (χ0v) is 20.5. The van der Waals surface area contributed by atoms with E-state index < -0.39 is 11.6 Å². The summed E-state index contributed by atoms with van der Waals surface area (Å²) >= 11 is 0. The fourth-order valence-corrected chi connectivity index (χ4v) is 4.20. The van der Waals surface area contributed by atoms with Gasteiger partial charge in [0, 0.05) is 24.3 Å². The number of hydrogen-bond donors (Lipinski definition) is 1. The van der Waals surface area contributed by atoms with Crippen LogP contribution in [0, 0.1) is 0 Å². The van der Waals surface area contributed by atoms with Gasteiger partial charge >= 0.3 is 5.97 Å². The maximum absolute atomic E-state index is 12.9. The number of hydrogen-bond acceptors (Lipinski definition) is 5. The van der Waals surface area contributed by atoms with Crippen LogP contribution in [-0.2, 0) is 9.78 Å². The predicted molar refractivity (Wildman–Crippen MR) is 138 cm³/mol. The highest BCUT2D eigenvalue weighted by Gasteiger charge is 2.24. The zero-order chi connectivity index (χ0) is 24.8. The highest BCUT2D eigenvalue weighted by atomic mass is 17.2. The lowest BCUT2D eigenvalue weighted by Gasteiger charge is -2.34. The van der Waals surface area contributed by atoms with Crippen molar-refractivity contribution in [2.45, 2.75) is 45.1 Å². The number of amides is 1. The van der Waals surface area contributed by atoms with Crippen LogP contribution in [-0.4, -0.2) is 30.6 Å². The average Bonchev–Trinajstić information content (AvgIpc) is 2.88. The van der Waals surface area contributed by atoms with Gasteiger partial charge in [0.25, 0.3) is 5.91 Å². The summed E-state index contributed by atoms with van der Waals surface area (Å²) in [4.78, 5) is 38.3. The third-order valence-electron chi connectivity index (χ3n) is 6.01. The smallest absolute Gasteiger partial charge is 0.371 e. The third kappa shape index (κ3) is 6.49. The van der Waals surface area contributed by atoms with Crippen LogP contribution in [0.25, 0.3) is 0 Å². The second-order valence-corrected chi connectivity index (χ2v) is 9.79. The van der Waals surface area contributed by atoms with Crippen LogP contribution in [0.1, 0.15) is 65.8 Å². The first kappa shape index (κ1) is 24.5. The molecule has 0 bridgehead atoms. The van der Waals surface area contributed by atoms with Gasteiger partial charge in [-0.3, -0.25) is 9.68 Å². The molecule has 1 heterocycles. The van der Waals surface area contributed by atoms with E-state index in [-0.39, 0.29) is 11.5 Å². The number of rotatable bonds is 6. The summed E-state index contributed by atoms with van der Waals surface area (Å²) in [7, 11) is 0. The largest absolute Gasteiger partial charge is 0.375 e. The van der Waals surface area contributed by atoms with Gasteiger partial charge in [0.05, 0.1) is 11.3 Å². The summed E-state index contributed by atoms with van der Waals surface area (Å²) in [6.07, 6.45) is 2.08. The molecule has 182 valence electrons. The quantitative estimate of drug-likeness (QED) is 0.341. The molecular weight excluding hydrogens is 440 g/mol. The van der Waals surface area contributed by atoms with E-state index in [1.807, 2.05) is 24.3 Å². The van der Waals surface area contributed by atoms with Crippen LogP contribution in [0.5, 0.6) is 0 Å². The molecule has 3 aromatic rings. The lowest BCUT2D eigenvalue weighted by Crippen LogP contribution is -2.33. The Kier molecular flexibility index (Phi) is 7.51. The van der Waals surface area contributed by atoms with Crippen LogP contribution in [0.3, 0.4) is 0 Å². The van der Waals surface area contributed by atoms with E-state index >= 15 is 0 Å². The maximum Gasteiger partial charge on any atom is 0.375 e. The molecule has 35 heavy (non-hydrogen) atoms. The molecule has 6 nitrogen and oxygen atoms in total. The summed E-state index contributed by atoms with van der Waals surface area (Å²) in [5, 5.41) is 2.90. The Hall–Kier alpha value is -3.64. The third-order valence-corrected chi connectivity index (χ3v) is 6.01. The Morgan fingerprint density at radius 1 is 0.886 bits per heavy atom. The monoisotopic (exact) mass is 472 g/mol. The standard InChI is InChI=1S/C29H32N2O4/c1-29(2,3)35-34-28(33)25-15-14-24(20-26(25)30-27(32)23-12-8-5-9-13-23)31-18-16-22(17-19-31)21-10-6-4-7-11-21/h4-15,20,22H,16-19H2,1-3H3,(H,30,32). The predicted octanol–water partition coefficient (Wildman–Crippen LogP) is 6.21. The van der Waals surface area contributed by atoms with Crippen molar-refractivity contribution in [2.24, 2.45) is 0 Å². The second-order valence-electron chi connectivity index (χ2n) is 9.79. The number of nitrogens with zero attached hydrogens (tertiary/aromatic N) is 1. The average molecular weight is 473 g/mol. The van der Waals surface area contributed by atoms with Crippen LogP contribution < -0.4 is 10.2 Å². The van der Waals surface area contributed by atoms with Gasteiger partial charge in [-0.15, -0.1) is 0 Å². The molecule has 6 heteroatoms. The number of nitrogens with one attached hydrogen (secondary N) is 1. The summed E-state index contributed by atoms with van der Waals surface area (Å²) in [6.45, 7) is 7.16. The van der Waals surface area contributed by atoms with Crippen molar-refractivity contribution in [3.8, 4) is 0 Å². The number of benzene rings is 3. The summed E-state index contributed by atoms with van der Waals surface area (Å²) in [5.41, 5.74) is 2.82. The topological polar surface area (TPSA) is 67.9 Å². The first-order valence-electron chi connectivity index (χ1n) is 12.0. The number of anilines is 2. The lowest BCUT2D eigenvalue weighted by molar-refractivity contribution is -0.301. The van der Waals surface area contributed by atoms with Gasteiger partial charge in [-0.2, -0.15) is 4.89 Å². The molecule has 0 aliphatic carbocycles.